The van der Waals surface area contributed by atoms with Crippen molar-refractivity contribution >= 4 is 33.5 Å². The molecule has 2 aliphatic carbocycles. The SMILES string of the molecule is C1=CC(C2(c3ccccc3)c3ccccc3-c3cc4c5ccccc5n(-c5ccc(C6N=C(c7ccccc7)NC(c7ccccc7)=N6)cn5)c4cc32)=CCC1. The van der Waals surface area contributed by atoms with Gasteiger partial charge in [-0.2, -0.15) is 0 Å². The second-order valence-corrected chi connectivity index (χ2v) is 14.7. The molecule has 1 aliphatic heterocycles. The van der Waals surface area contributed by atoms with Crippen LogP contribution in [0.25, 0.3) is 38.8 Å². The van der Waals surface area contributed by atoms with Crippen LogP contribution in [-0.4, -0.2) is 21.2 Å². The van der Waals surface area contributed by atoms with Crippen LogP contribution in [0.1, 0.15) is 52.4 Å². The van der Waals surface area contributed by atoms with Gasteiger partial charge in [0.05, 0.1) is 16.4 Å². The first-order chi connectivity index (χ1) is 27.8. The number of nitrogens with one attached hydrogen (secondary N) is 1. The van der Waals surface area contributed by atoms with Crippen molar-refractivity contribution in [3.63, 3.8) is 0 Å². The Morgan fingerprint density at radius 2 is 1.25 bits per heavy atom. The van der Waals surface area contributed by atoms with Gasteiger partial charge >= 0.3 is 0 Å². The van der Waals surface area contributed by atoms with Crippen LogP contribution in [-0.2, 0) is 5.41 Å². The van der Waals surface area contributed by atoms with Crippen LogP contribution in [0, 0.1) is 0 Å². The molecule has 8 aromatic rings. The lowest BCUT2D eigenvalue weighted by Crippen LogP contribution is -2.36. The van der Waals surface area contributed by atoms with Crippen LogP contribution >= 0.6 is 0 Å². The average Bonchev–Trinajstić information content (AvgIpc) is 3.76. The van der Waals surface area contributed by atoms with Gasteiger partial charge in [0.25, 0.3) is 0 Å². The van der Waals surface area contributed by atoms with Gasteiger partial charge in [0, 0.05) is 33.7 Å². The van der Waals surface area contributed by atoms with Crippen LogP contribution in [0.2, 0.25) is 0 Å². The second kappa shape index (κ2) is 13.0. The highest BCUT2D eigenvalue weighted by Gasteiger charge is 2.47. The van der Waals surface area contributed by atoms with Crippen molar-refractivity contribution < 1.29 is 0 Å². The van der Waals surface area contributed by atoms with Crippen LogP contribution in [0.4, 0.5) is 0 Å². The van der Waals surface area contributed by atoms with Gasteiger partial charge in [-0.3, -0.25) is 4.57 Å². The normalized spacial score (nSPS) is 17.5. The molecule has 3 heterocycles. The van der Waals surface area contributed by atoms with E-state index in [1.807, 2.05) is 42.6 Å². The van der Waals surface area contributed by atoms with E-state index < -0.39 is 11.6 Å². The Hall–Kier alpha value is -7.11. The fourth-order valence-corrected chi connectivity index (χ4v) is 9.12. The summed E-state index contributed by atoms with van der Waals surface area (Å²) in [5.41, 5.74) is 12.6. The number of rotatable bonds is 6. The molecule has 1 atom stereocenters. The number of benzene rings is 6. The van der Waals surface area contributed by atoms with Crippen LogP contribution in [0.5, 0.6) is 0 Å². The summed E-state index contributed by atoms with van der Waals surface area (Å²) >= 11 is 0. The second-order valence-electron chi connectivity index (χ2n) is 14.7. The van der Waals surface area contributed by atoms with Crippen molar-refractivity contribution in [2.24, 2.45) is 9.98 Å². The summed E-state index contributed by atoms with van der Waals surface area (Å²) in [6.07, 6.45) is 10.7. The minimum absolute atomic E-state index is 0.450. The molecular weight excluding hydrogens is 683 g/mol. The number of allylic oxidation sites excluding steroid dienone is 4. The minimum atomic E-state index is -0.452. The lowest BCUT2D eigenvalue weighted by molar-refractivity contribution is 0.749. The first kappa shape index (κ1) is 32.3. The summed E-state index contributed by atoms with van der Waals surface area (Å²) in [5, 5.41) is 5.91. The molecule has 0 saturated carbocycles. The molecule has 0 amide bonds. The Kier molecular flexibility index (Phi) is 7.52. The number of nitrogens with zero attached hydrogens (tertiary/aromatic N) is 4. The lowest BCUT2D eigenvalue weighted by Gasteiger charge is -2.35. The Bertz CT molecular complexity index is 2860. The van der Waals surface area contributed by atoms with Crippen molar-refractivity contribution in [1.82, 2.24) is 14.9 Å². The van der Waals surface area contributed by atoms with E-state index in [4.69, 9.17) is 15.0 Å². The molecule has 0 bridgehead atoms. The summed E-state index contributed by atoms with van der Waals surface area (Å²) in [7, 11) is 0. The van der Waals surface area contributed by atoms with E-state index in [1.54, 1.807) is 0 Å². The molecule has 5 nitrogen and oxygen atoms in total. The average molecular weight is 720 g/mol. The molecule has 1 unspecified atom stereocenters. The molecule has 266 valence electrons. The summed E-state index contributed by atoms with van der Waals surface area (Å²) < 4.78 is 2.33. The first-order valence-corrected chi connectivity index (χ1v) is 19.4. The van der Waals surface area contributed by atoms with Gasteiger partial charge in [-0.05, 0) is 76.6 Å². The molecule has 0 radical (unpaired) electrons. The topological polar surface area (TPSA) is 54.6 Å². The van der Waals surface area contributed by atoms with Crippen molar-refractivity contribution in [3.05, 3.63) is 227 Å². The van der Waals surface area contributed by atoms with Gasteiger partial charge in [-0.1, -0.05) is 152 Å². The zero-order valence-corrected chi connectivity index (χ0v) is 30.7. The fourth-order valence-electron chi connectivity index (χ4n) is 9.12. The van der Waals surface area contributed by atoms with Crippen molar-refractivity contribution in [2.45, 2.75) is 24.4 Å². The number of pyridine rings is 1. The zero-order valence-electron chi connectivity index (χ0n) is 30.7. The van der Waals surface area contributed by atoms with Crippen LogP contribution in [0.3, 0.4) is 0 Å². The highest BCUT2D eigenvalue weighted by atomic mass is 15.2. The predicted octanol–water partition coefficient (Wildman–Crippen LogP) is 11.3. The van der Waals surface area contributed by atoms with Crippen LogP contribution < -0.4 is 5.32 Å². The predicted molar refractivity (Wildman–Crippen MR) is 229 cm³/mol. The number of aromatic nitrogens is 2. The highest BCUT2D eigenvalue weighted by molar-refractivity contribution is 6.16. The summed E-state index contributed by atoms with van der Waals surface area (Å²) in [4.78, 5) is 15.4. The van der Waals surface area contributed by atoms with Gasteiger partial charge in [-0.25, -0.2) is 15.0 Å². The number of hydrogen-bond acceptors (Lipinski definition) is 4. The lowest BCUT2D eigenvalue weighted by atomic mass is 9.66. The highest BCUT2D eigenvalue weighted by Crippen LogP contribution is 2.58. The van der Waals surface area contributed by atoms with E-state index in [2.05, 4.69) is 156 Å². The zero-order chi connectivity index (χ0) is 37.1. The van der Waals surface area contributed by atoms with Gasteiger partial charge in [0.1, 0.15) is 17.5 Å². The molecule has 3 aliphatic rings. The number of hydrogen-bond donors (Lipinski definition) is 1. The molecule has 2 aromatic heterocycles. The van der Waals surface area contributed by atoms with Crippen LogP contribution in [0.15, 0.2) is 204 Å². The van der Waals surface area contributed by atoms with E-state index in [-0.39, 0.29) is 0 Å². The number of aliphatic imine (C=N–C) groups is 2. The fraction of sp³-hybridized carbons (Fsp3) is 0.0784. The molecular formula is C51H37N5. The van der Waals surface area contributed by atoms with Crippen molar-refractivity contribution in [2.75, 3.05) is 0 Å². The molecule has 5 heteroatoms. The molecule has 0 saturated heterocycles. The van der Waals surface area contributed by atoms with Crippen molar-refractivity contribution in [3.8, 4) is 16.9 Å². The number of para-hydroxylation sites is 1. The molecule has 0 spiro atoms. The largest absolute Gasteiger partial charge is 0.324 e. The standard InChI is InChI=1S/C51H37N5/c1-5-17-34(18-6-1)48-53-49(35-19-7-2-8-20-35)55-50(54-48)36-29-30-47(52-33-36)56-45-28-16-14-26-40(45)42-31-41-39-25-13-15-27-43(39)51(44(41)32-46(42)56,37-21-9-3-10-22-37)38-23-11-4-12-24-38/h1-3,5-11,13-33,50H,4,12H2,(H,53,54,55). The maximum absolute atomic E-state index is 5.19. The molecule has 6 aromatic carbocycles. The first-order valence-electron chi connectivity index (χ1n) is 19.4. The van der Waals surface area contributed by atoms with E-state index >= 15 is 0 Å². The maximum atomic E-state index is 5.19. The summed E-state index contributed by atoms with van der Waals surface area (Å²) in [6.45, 7) is 0. The van der Waals surface area contributed by atoms with Gasteiger partial charge < -0.3 is 5.32 Å². The molecule has 1 N–H and O–H groups in total. The number of fused-ring (bicyclic) bond motifs is 6. The third-order valence-corrected chi connectivity index (χ3v) is 11.6. The Morgan fingerprint density at radius 3 is 1.95 bits per heavy atom. The molecule has 0 fully saturated rings. The van der Waals surface area contributed by atoms with Crippen molar-refractivity contribution in [1.29, 1.82) is 0 Å². The van der Waals surface area contributed by atoms with Gasteiger partial charge in [0.15, 0.2) is 6.17 Å². The van der Waals surface area contributed by atoms with Gasteiger partial charge in [-0.15, -0.1) is 0 Å². The summed E-state index contributed by atoms with van der Waals surface area (Å²) in [5.74, 6) is 2.43. The Labute approximate surface area is 325 Å². The number of amidine groups is 2. The monoisotopic (exact) mass is 719 g/mol. The van der Waals surface area contributed by atoms with E-state index in [0.29, 0.717) is 0 Å². The Balaban J connectivity index is 1.10. The smallest absolute Gasteiger partial charge is 0.171 e. The van der Waals surface area contributed by atoms with Gasteiger partial charge in [0.2, 0.25) is 0 Å². The maximum Gasteiger partial charge on any atom is 0.171 e. The summed E-state index contributed by atoms with van der Waals surface area (Å²) in [6, 6.07) is 58.4. The molecule has 11 rings (SSSR count). The minimum Gasteiger partial charge on any atom is -0.324 e. The molecule has 56 heavy (non-hydrogen) atoms. The Morgan fingerprint density at radius 1 is 0.571 bits per heavy atom. The quantitative estimate of drug-likeness (QED) is 0.186. The third-order valence-electron chi connectivity index (χ3n) is 11.6. The third kappa shape index (κ3) is 4.97. The van der Waals surface area contributed by atoms with E-state index in [1.165, 1.54) is 44.2 Å². The van der Waals surface area contributed by atoms with E-state index in [9.17, 15) is 0 Å². The van der Waals surface area contributed by atoms with E-state index in [0.717, 1.165) is 58.1 Å².